The molecular weight excluding hydrogens is 1200 g/mol. The van der Waals surface area contributed by atoms with Gasteiger partial charge in [0, 0.05) is 56.0 Å². The van der Waals surface area contributed by atoms with E-state index in [4.69, 9.17) is 0 Å². The Morgan fingerprint density at radius 1 is 0.354 bits per heavy atom. The Balaban J connectivity index is 1.02. The lowest BCUT2D eigenvalue weighted by Gasteiger charge is -2.09. The number of nitrogens with zero attached hydrogens (tertiary/aromatic N) is 8. The van der Waals surface area contributed by atoms with Gasteiger partial charge < -0.3 is 10.4 Å². The zero-order valence-electron chi connectivity index (χ0n) is 41.3. The minimum atomic E-state index is -5.09. The molecule has 0 saturated heterocycles. The number of azo groups is 4. The van der Waals surface area contributed by atoms with E-state index < -0.39 is 90.1 Å². The molecule has 0 spiro atoms. The summed E-state index contributed by atoms with van der Waals surface area (Å²) in [6.07, 6.45) is 2.08. The van der Waals surface area contributed by atoms with Crippen LogP contribution in [0, 0.1) is 24.3 Å². The number of hydrogen-bond acceptors (Lipinski definition) is 20. The fourth-order valence-electron chi connectivity index (χ4n) is 7.97. The van der Waals surface area contributed by atoms with Gasteiger partial charge in [0.25, 0.3) is 60.7 Å². The molecule has 6 N–H and O–H groups in total. The Labute approximate surface area is 464 Å². The minimum Gasteiger partial charge on any atom is -0.594 e. The van der Waals surface area contributed by atoms with Crippen LogP contribution in [0.2, 0.25) is 0 Å². The van der Waals surface area contributed by atoms with E-state index in [0.29, 0.717) is 0 Å². The second-order valence-electron chi connectivity index (χ2n) is 17.3. The maximum absolute atomic E-state index is 13.2. The van der Waals surface area contributed by atoms with Crippen LogP contribution in [0.5, 0.6) is 0 Å². The highest BCUT2D eigenvalue weighted by atomic mass is 32.2. The van der Waals surface area contributed by atoms with Crippen LogP contribution in [0.3, 0.4) is 0 Å². The maximum atomic E-state index is 13.2. The van der Waals surface area contributed by atoms with Crippen LogP contribution in [0.4, 0.5) is 45.5 Å². The van der Waals surface area contributed by atoms with Crippen molar-refractivity contribution in [3.05, 3.63) is 166 Å². The molecule has 28 nitrogen and oxygen atoms in total. The molecule has 0 heterocycles. The highest BCUT2D eigenvalue weighted by molar-refractivity contribution is 7.87. The Bertz CT molecular complexity index is 4610. The molecule has 0 unspecified atom stereocenters. The van der Waals surface area contributed by atoms with Gasteiger partial charge in [-0.25, -0.2) is 0 Å². The van der Waals surface area contributed by atoms with Crippen molar-refractivity contribution in [1.29, 1.82) is 0 Å². The zero-order chi connectivity index (χ0) is 60.1. The number of benzene rings is 8. The van der Waals surface area contributed by atoms with Gasteiger partial charge in [0.15, 0.2) is 0 Å². The van der Waals surface area contributed by atoms with Gasteiger partial charge >= 0.3 is 0 Å². The van der Waals surface area contributed by atoms with Gasteiger partial charge in [0.1, 0.15) is 40.7 Å². The lowest BCUT2D eigenvalue weighted by molar-refractivity contribution is -0.435. The summed E-state index contributed by atoms with van der Waals surface area (Å²) in [6.45, 7) is 2.97. The first-order valence-electron chi connectivity index (χ1n) is 22.4. The normalized spacial score (nSPS) is 13.6. The quantitative estimate of drug-likeness (QED) is 0.0172. The van der Waals surface area contributed by atoms with Crippen molar-refractivity contribution in [2.75, 3.05) is 0 Å². The fraction of sp³-hybridized carbons (Fsp3) is 0.0417. The second kappa shape index (κ2) is 22.1. The molecule has 0 radical (unpaired) electrons. The summed E-state index contributed by atoms with van der Waals surface area (Å²) in [6, 6.07) is 24.5. The standard InChI is InChI=1S/C48H36N8O20S6/c1-27-19-35(15-17-41(27)51-49-33-21-39-37(47(25-33)81(71,72)73)5-3-7-43(39)77(59,60)61)55(57)53-31-13-11-29(45(23-31)79(65,66)67)9-10-30-12-14-32(24-46(30)80(68,69)70)54-56(58)36-16-18-42(28(2)20-36)52-50-34-22-40-38(48(26-34)82(74,75)76)6-4-8-44(40)78(62,63)64/h3-26H,1-2H3,(H,59,60,61)(H,62,63,64)(H,65,66,67)(H,68,69,70)(H,71,72,73)(H,74,75,76)/b10-9+,51-49?,52-50?,55-53?,56-54?. The van der Waals surface area contributed by atoms with E-state index in [-0.39, 0.29) is 99.0 Å². The minimum absolute atomic E-state index is 0.0825. The van der Waals surface area contributed by atoms with Crippen LogP contribution in [-0.2, 0) is 60.7 Å². The number of aryl methyl sites for hydroxylation is 2. The van der Waals surface area contributed by atoms with Gasteiger partial charge in [-0.3, -0.25) is 27.3 Å². The van der Waals surface area contributed by atoms with E-state index in [1.165, 1.54) is 62.4 Å². The smallest absolute Gasteiger partial charge is 0.295 e. The molecule has 424 valence electrons. The zero-order valence-corrected chi connectivity index (χ0v) is 46.2. The highest BCUT2D eigenvalue weighted by Gasteiger charge is 2.25. The monoisotopic (exact) mass is 1240 g/mol. The first-order valence-corrected chi connectivity index (χ1v) is 31.1. The van der Waals surface area contributed by atoms with Crippen LogP contribution in [0.1, 0.15) is 22.3 Å². The number of rotatable bonds is 16. The summed E-state index contributed by atoms with van der Waals surface area (Å²) < 4.78 is 207. The molecule has 82 heavy (non-hydrogen) atoms. The van der Waals surface area contributed by atoms with Crippen LogP contribution in [-0.4, -0.2) is 87.5 Å². The van der Waals surface area contributed by atoms with E-state index in [9.17, 15) is 88.2 Å². The van der Waals surface area contributed by atoms with Gasteiger partial charge in [0.2, 0.25) is 11.4 Å². The van der Waals surface area contributed by atoms with Gasteiger partial charge in [-0.15, -0.1) is 0 Å². The van der Waals surface area contributed by atoms with E-state index in [2.05, 4.69) is 30.7 Å². The van der Waals surface area contributed by atoms with Crippen LogP contribution >= 0.6 is 0 Å². The van der Waals surface area contributed by atoms with Crippen molar-refractivity contribution in [3.8, 4) is 0 Å². The largest absolute Gasteiger partial charge is 0.594 e. The first kappa shape index (κ1) is 59.6. The third-order valence-electron chi connectivity index (χ3n) is 11.7. The van der Waals surface area contributed by atoms with E-state index in [1.54, 1.807) is 0 Å². The molecule has 0 aromatic heterocycles. The van der Waals surface area contributed by atoms with E-state index >= 15 is 0 Å². The Morgan fingerprint density at radius 2 is 0.683 bits per heavy atom. The Kier molecular flexibility index (Phi) is 16.1. The summed E-state index contributed by atoms with van der Waals surface area (Å²) in [5.41, 5.74) is -1.21. The summed E-state index contributed by atoms with van der Waals surface area (Å²) in [5, 5.41) is 49.1. The van der Waals surface area contributed by atoms with Crippen molar-refractivity contribution in [1.82, 2.24) is 0 Å². The predicted molar refractivity (Wildman–Crippen MR) is 290 cm³/mol. The first-order chi connectivity index (χ1) is 38.1. The molecule has 8 rings (SSSR count). The summed E-state index contributed by atoms with van der Waals surface area (Å²) in [7, 11) is -29.8. The predicted octanol–water partition coefficient (Wildman–Crippen LogP) is 10.9. The van der Waals surface area contributed by atoms with Gasteiger partial charge in [-0.05, 0) is 109 Å². The molecular formula is C48H36N8O20S6. The van der Waals surface area contributed by atoms with E-state index in [0.717, 1.165) is 97.1 Å². The topological polar surface area (TPSA) is 453 Å². The van der Waals surface area contributed by atoms with E-state index in [1.807, 2.05) is 0 Å². The molecule has 0 saturated carbocycles. The fourth-order valence-corrected chi connectivity index (χ4v) is 12.2. The molecule has 0 aliphatic rings. The molecule has 0 aliphatic carbocycles. The maximum Gasteiger partial charge on any atom is 0.295 e. The summed E-state index contributed by atoms with van der Waals surface area (Å²) in [5.74, 6) is 0. The summed E-state index contributed by atoms with van der Waals surface area (Å²) in [4.78, 5) is -4.27. The van der Waals surface area contributed by atoms with Crippen molar-refractivity contribution in [2.45, 2.75) is 43.2 Å². The third-order valence-corrected chi connectivity index (χ3v) is 17.1. The highest BCUT2D eigenvalue weighted by Crippen LogP contribution is 2.38. The van der Waals surface area contributed by atoms with Crippen molar-refractivity contribution < 1.29 is 87.5 Å². The van der Waals surface area contributed by atoms with Gasteiger partial charge in [-0.1, -0.05) is 58.3 Å². The van der Waals surface area contributed by atoms with Crippen LogP contribution < -0.4 is 0 Å². The molecule has 0 amide bonds. The number of fused-ring (bicyclic) bond motifs is 2. The van der Waals surface area contributed by atoms with Crippen molar-refractivity contribution >= 4 is 140 Å². The average Bonchev–Trinajstić information content (AvgIpc) is 2.14. The molecule has 0 aliphatic heterocycles. The van der Waals surface area contributed by atoms with Gasteiger partial charge in [-0.2, -0.15) is 71.0 Å². The molecule has 34 heteroatoms. The molecule has 8 aromatic carbocycles. The van der Waals surface area contributed by atoms with Gasteiger partial charge in [0.05, 0.1) is 22.7 Å². The van der Waals surface area contributed by atoms with Crippen LogP contribution in [0.15, 0.2) is 194 Å². The van der Waals surface area contributed by atoms with Crippen LogP contribution in [0.25, 0.3) is 33.7 Å². The lowest BCUT2D eigenvalue weighted by Crippen LogP contribution is -2.03. The summed E-state index contributed by atoms with van der Waals surface area (Å²) >= 11 is 0. The Hall–Kier alpha value is -8.52. The molecule has 8 aromatic rings. The number of hydrogen-bond donors (Lipinski definition) is 6. The second-order valence-corrected chi connectivity index (χ2v) is 25.6. The SMILES string of the molecule is Cc1cc([N+]([O-])=Nc2ccc(/C=C/c3ccc(N=[N+]([O-])c4ccc(N=Nc5cc(S(=O)(=O)O)c6cccc(S(=O)(=O)O)c6c5)c(C)c4)cc3S(=O)(=O)O)c(S(=O)(=O)O)c2)ccc1N=Nc1cc(S(=O)(=O)O)c2cccc(S(=O)(=O)O)c2c1. The Morgan fingerprint density at radius 3 is 1.00 bits per heavy atom. The molecule has 0 atom stereocenters. The molecule has 0 bridgehead atoms. The van der Waals surface area contributed by atoms with Crippen molar-refractivity contribution in [3.63, 3.8) is 0 Å². The van der Waals surface area contributed by atoms with Crippen molar-refractivity contribution in [2.24, 2.45) is 30.7 Å². The third kappa shape index (κ3) is 13.4. The average molecular weight is 1240 g/mol. The lowest BCUT2D eigenvalue weighted by atomic mass is 10.1. The molecule has 0 fully saturated rings.